The summed E-state index contributed by atoms with van der Waals surface area (Å²) in [6.07, 6.45) is 1.50. The Morgan fingerprint density at radius 3 is 2.39 bits per heavy atom. The first kappa shape index (κ1) is 24.2. The van der Waals surface area contributed by atoms with Crippen molar-refractivity contribution in [3.05, 3.63) is 93.5 Å². The van der Waals surface area contributed by atoms with E-state index in [9.17, 15) is 9.59 Å². The molecule has 33 heavy (non-hydrogen) atoms. The molecule has 0 radical (unpaired) electrons. The molecule has 3 aromatic carbocycles. The van der Waals surface area contributed by atoms with Gasteiger partial charge in [0, 0.05) is 4.47 Å². The first-order chi connectivity index (χ1) is 15.8. The number of ether oxygens (including phenoxy) is 2. The largest absolute Gasteiger partial charge is 0.483 e. The van der Waals surface area contributed by atoms with Gasteiger partial charge in [-0.3, -0.25) is 4.79 Å². The van der Waals surface area contributed by atoms with Crippen molar-refractivity contribution in [2.24, 2.45) is 5.10 Å². The van der Waals surface area contributed by atoms with E-state index >= 15 is 0 Å². The van der Waals surface area contributed by atoms with Gasteiger partial charge in [0.15, 0.2) is 6.61 Å². The van der Waals surface area contributed by atoms with E-state index in [-0.39, 0.29) is 12.5 Å². The van der Waals surface area contributed by atoms with Crippen LogP contribution in [0.4, 0.5) is 0 Å². The maximum atomic E-state index is 12.2. The summed E-state index contributed by atoms with van der Waals surface area (Å²) >= 11 is 3.33. The fraction of sp³-hybridized carbons (Fsp3) is 0.192. The molecule has 0 saturated carbocycles. The van der Waals surface area contributed by atoms with Gasteiger partial charge in [0.05, 0.1) is 11.8 Å². The first-order valence-electron chi connectivity index (χ1n) is 10.4. The van der Waals surface area contributed by atoms with E-state index in [2.05, 4.69) is 46.4 Å². The number of nitrogens with one attached hydrogen (secondary N) is 1. The van der Waals surface area contributed by atoms with Crippen LogP contribution < -0.4 is 14.9 Å². The average Bonchev–Trinajstić information content (AvgIpc) is 2.80. The molecule has 1 amide bonds. The number of amides is 1. The zero-order chi connectivity index (χ0) is 23.8. The molecule has 0 aromatic heterocycles. The predicted molar refractivity (Wildman–Crippen MR) is 132 cm³/mol. The third-order valence-electron chi connectivity index (χ3n) is 4.81. The van der Waals surface area contributed by atoms with Crippen LogP contribution in [0.3, 0.4) is 0 Å². The van der Waals surface area contributed by atoms with E-state index in [0.717, 1.165) is 21.2 Å². The molecule has 0 aliphatic carbocycles. The number of nitrogens with zero attached hydrogens (tertiary/aromatic N) is 1. The van der Waals surface area contributed by atoms with Gasteiger partial charge in [-0.25, -0.2) is 10.2 Å². The highest BCUT2D eigenvalue weighted by atomic mass is 79.9. The molecule has 0 atom stereocenters. The van der Waals surface area contributed by atoms with Crippen LogP contribution >= 0.6 is 15.9 Å². The normalized spacial score (nSPS) is 10.9. The molecule has 3 aromatic rings. The molecular weight excluding hydrogens is 484 g/mol. The summed E-state index contributed by atoms with van der Waals surface area (Å²) in [5.74, 6) is 0.679. The molecular formula is C26H25BrN2O4. The monoisotopic (exact) mass is 508 g/mol. The van der Waals surface area contributed by atoms with E-state index < -0.39 is 5.97 Å². The molecule has 7 heteroatoms. The van der Waals surface area contributed by atoms with Crippen molar-refractivity contribution in [3.63, 3.8) is 0 Å². The molecule has 0 spiro atoms. The highest BCUT2D eigenvalue weighted by Crippen LogP contribution is 2.24. The highest BCUT2D eigenvalue weighted by Gasteiger charge is 2.09. The number of hydrogen-bond donors (Lipinski definition) is 1. The third-order valence-corrected chi connectivity index (χ3v) is 5.34. The van der Waals surface area contributed by atoms with Crippen LogP contribution in [0.15, 0.2) is 76.3 Å². The Kier molecular flexibility index (Phi) is 8.38. The summed E-state index contributed by atoms with van der Waals surface area (Å²) in [5, 5.41) is 3.95. The summed E-state index contributed by atoms with van der Waals surface area (Å²) in [5.41, 5.74) is 5.76. The number of benzene rings is 3. The predicted octanol–water partition coefficient (Wildman–Crippen LogP) is 5.63. The van der Waals surface area contributed by atoms with Crippen LogP contribution in [-0.4, -0.2) is 24.7 Å². The number of carbonyl (C=O) groups is 2. The summed E-state index contributed by atoms with van der Waals surface area (Å²) in [6.45, 7) is 6.02. The second-order valence-corrected chi connectivity index (χ2v) is 8.64. The van der Waals surface area contributed by atoms with Gasteiger partial charge in [0.1, 0.15) is 11.5 Å². The van der Waals surface area contributed by atoms with Gasteiger partial charge in [-0.15, -0.1) is 0 Å². The van der Waals surface area contributed by atoms with Crippen molar-refractivity contribution in [2.45, 2.75) is 26.7 Å². The van der Waals surface area contributed by atoms with Crippen LogP contribution in [0, 0.1) is 6.92 Å². The average molecular weight is 509 g/mol. The minimum atomic E-state index is -0.439. The molecule has 0 fully saturated rings. The lowest BCUT2D eigenvalue weighted by Gasteiger charge is -2.12. The van der Waals surface area contributed by atoms with Crippen LogP contribution in [0.2, 0.25) is 0 Å². The van der Waals surface area contributed by atoms with E-state index in [1.807, 2.05) is 19.1 Å². The number of carbonyl (C=O) groups excluding carboxylic acids is 2. The lowest BCUT2D eigenvalue weighted by molar-refractivity contribution is -0.123. The topological polar surface area (TPSA) is 77.0 Å². The molecule has 6 nitrogen and oxygen atoms in total. The van der Waals surface area contributed by atoms with Crippen molar-refractivity contribution in [1.82, 2.24) is 5.43 Å². The summed E-state index contributed by atoms with van der Waals surface area (Å²) < 4.78 is 11.9. The van der Waals surface area contributed by atoms with E-state index in [0.29, 0.717) is 23.0 Å². The van der Waals surface area contributed by atoms with Crippen molar-refractivity contribution >= 4 is 34.0 Å². The Hall–Kier alpha value is -3.45. The minimum absolute atomic E-state index is 0.134. The Morgan fingerprint density at radius 1 is 1.03 bits per heavy atom. The molecule has 170 valence electrons. The summed E-state index contributed by atoms with van der Waals surface area (Å²) in [6, 6.07) is 19.7. The van der Waals surface area contributed by atoms with Gasteiger partial charge in [0.25, 0.3) is 5.91 Å². The van der Waals surface area contributed by atoms with Gasteiger partial charge in [-0.2, -0.15) is 5.10 Å². The van der Waals surface area contributed by atoms with Crippen LogP contribution in [0.1, 0.15) is 46.8 Å². The molecule has 1 N–H and O–H groups in total. The van der Waals surface area contributed by atoms with Gasteiger partial charge < -0.3 is 9.47 Å². The minimum Gasteiger partial charge on any atom is -0.483 e. The smallest absolute Gasteiger partial charge is 0.343 e. The number of hydrogen-bond acceptors (Lipinski definition) is 5. The SMILES string of the molecule is Cc1ccc(C(C)C)cc1OCC(=O)NN=Cc1ccc(OC(=O)c2ccc(Br)cc2)cc1. The van der Waals surface area contributed by atoms with Gasteiger partial charge >= 0.3 is 5.97 Å². The maximum Gasteiger partial charge on any atom is 0.343 e. The second-order valence-electron chi connectivity index (χ2n) is 7.73. The van der Waals surface area contributed by atoms with Crippen LogP contribution in [-0.2, 0) is 4.79 Å². The fourth-order valence-corrected chi connectivity index (χ4v) is 3.12. The molecule has 0 aliphatic rings. The van der Waals surface area contributed by atoms with Crippen LogP contribution in [0.5, 0.6) is 11.5 Å². The van der Waals surface area contributed by atoms with E-state index in [1.165, 1.54) is 6.21 Å². The van der Waals surface area contributed by atoms with Crippen LogP contribution in [0.25, 0.3) is 0 Å². The fourth-order valence-electron chi connectivity index (χ4n) is 2.86. The molecule has 0 heterocycles. The molecule has 0 unspecified atom stereocenters. The number of halogens is 1. The number of rotatable bonds is 8. The number of aryl methyl sites for hydroxylation is 1. The Balaban J connectivity index is 1.48. The zero-order valence-corrected chi connectivity index (χ0v) is 20.3. The Labute approximate surface area is 201 Å². The highest BCUT2D eigenvalue weighted by molar-refractivity contribution is 9.10. The zero-order valence-electron chi connectivity index (χ0n) is 18.7. The standard InChI is InChI=1S/C26H25BrN2O4/c1-17(2)21-7-4-18(3)24(14-21)32-16-25(30)29-28-15-19-5-12-23(13-6-19)33-26(31)20-8-10-22(27)11-9-20/h4-15,17H,16H2,1-3H3,(H,29,30). The van der Waals surface area contributed by atoms with Crippen molar-refractivity contribution in [3.8, 4) is 11.5 Å². The Morgan fingerprint density at radius 2 is 1.73 bits per heavy atom. The van der Waals surface area contributed by atoms with E-state index in [1.54, 1.807) is 48.5 Å². The molecule has 0 bridgehead atoms. The summed E-state index contributed by atoms with van der Waals surface area (Å²) in [7, 11) is 0. The van der Waals surface area contributed by atoms with Gasteiger partial charge in [-0.1, -0.05) is 41.9 Å². The summed E-state index contributed by atoms with van der Waals surface area (Å²) in [4.78, 5) is 24.2. The first-order valence-corrected chi connectivity index (χ1v) is 11.2. The van der Waals surface area contributed by atoms with Crippen molar-refractivity contribution in [1.29, 1.82) is 0 Å². The van der Waals surface area contributed by atoms with Crippen molar-refractivity contribution in [2.75, 3.05) is 6.61 Å². The van der Waals surface area contributed by atoms with Gasteiger partial charge in [-0.05, 0) is 84.1 Å². The second kappa shape index (κ2) is 11.4. The third kappa shape index (κ3) is 7.29. The maximum absolute atomic E-state index is 12.2. The Bertz CT molecular complexity index is 1140. The van der Waals surface area contributed by atoms with Gasteiger partial charge in [0.2, 0.25) is 0 Å². The lowest BCUT2D eigenvalue weighted by atomic mass is 10.0. The van der Waals surface area contributed by atoms with E-state index in [4.69, 9.17) is 9.47 Å². The number of hydrazone groups is 1. The van der Waals surface area contributed by atoms with Crippen molar-refractivity contribution < 1.29 is 19.1 Å². The lowest BCUT2D eigenvalue weighted by Crippen LogP contribution is -2.24. The number of esters is 1. The quantitative estimate of drug-likeness (QED) is 0.185. The molecule has 0 saturated heterocycles. The molecule has 3 rings (SSSR count). The molecule has 0 aliphatic heterocycles.